The lowest BCUT2D eigenvalue weighted by Gasteiger charge is -2.45. The number of nitrogens with zero attached hydrogens (tertiary/aromatic N) is 3. The number of rotatable bonds is 5. The van der Waals surface area contributed by atoms with Crippen LogP contribution in [-0.2, 0) is 7.05 Å². The summed E-state index contributed by atoms with van der Waals surface area (Å²) in [5.74, 6) is 1.04. The topological polar surface area (TPSA) is 45.6 Å². The molecular formula is C21H27N3O2S. The first kappa shape index (κ1) is 19.7. The molecule has 1 amide bonds. The molecule has 1 aliphatic heterocycles. The summed E-state index contributed by atoms with van der Waals surface area (Å²) in [5.41, 5.74) is 0.470. The molecule has 2 heterocycles. The van der Waals surface area contributed by atoms with E-state index in [1.807, 2.05) is 22.7 Å². The summed E-state index contributed by atoms with van der Waals surface area (Å²) >= 11 is 1.87. The van der Waals surface area contributed by atoms with Crippen LogP contribution in [0.5, 0.6) is 0 Å². The van der Waals surface area contributed by atoms with Crippen LogP contribution in [0.15, 0.2) is 58.4 Å². The zero-order valence-electron chi connectivity index (χ0n) is 16.2. The molecule has 1 saturated heterocycles. The summed E-state index contributed by atoms with van der Waals surface area (Å²) in [6, 6.07) is 14.0. The number of benzene rings is 1. The lowest BCUT2D eigenvalue weighted by atomic mass is 10.0. The monoisotopic (exact) mass is 385 g/mol. The van der Waals surface area contributed by atoms with E-state index in [9.17, 15) is 9.59 Å². The van der Waals surface area contributed by atoms with Gasteiger partial charge in [-0.2, -0.15) is 0 Å². The molecule has 1 aromatic carbocycles. The van der Waals surface area contributed by atoms with Crippen molar-refractivity contribution >= 4 is 17.7 Å². The number of carbonyl (C=O) groups excluding carboxylic acids is 1. The third-order valence-corrected chi connectivity index (χ3v) is 6.37. The highest BCUT2D eigenvalue weighted by molar-refractivity contribution is 7.99. The van der Waals surface area contributed by atoms with Gasteiger partial charge in [0, 0.05) is 61.7 Å². The number of carbonyl (C=O) groups is 1. The fourth-order valence-corrected chi connectivity index (χ4v) is 4.41. The molecule has 0 radical (unpaired) electrons. The van der Waals surface area contributed by atoms with Crippen LogP contribution in [0.1, 0.15) is 24.2 Å². The second-order valence-corrected chi connectivity index (χ2v) is 8.21. The van der Waals surface area contributed by atoms with Crippen LogP contribution in [0.3, 0.4) is 0 Å². The molecular weight excluding hydrogens is 358 g/mol. The molecule has 0 N–H and O–H groups in total. The average molecular weight is 386 g/mol. The van der Waals surface area contributed by atoms with Gasteiger partial charge in [-0.25, -0.2) is 0 Å². The van der Waals surface area contributed by atoms with E-state index in [1.54, 1.807) is 19.3 Å². The van der Waals surface area contributed by atoms with Crippen molar-refractivity contribution in [2.24, 2.45) is 7.05 Å². The summed E-state index contributed by atoms with van der Waals surface area (Å²) in [7, 11) is 1.67. The minimum Gasteiger partial charge on any atom is -0.333 e. The van der Waals surface area contributed by atoms with Crippen LogP contribution >= 0.6 is 11.8 Å². The van der Waals surface area contributed by atoms with Gasteiger partial charge in [-0.1, -0.05) is 18.2 Å². The molecule has 0 unspecified atom stereocenters. The molecule has 0 saturated carbocycles. The Balaban J connectivity index is 1.58. The van der Waals surface area contributed by atoms with Crippen LogP contribution < -0.4 is 5.56 Å². The predicted molar refractivity (Wildman–Crippen MR) is 110 cm³/mol. The highest BCUT2D eigenvalue weighted by Crippen LogP contribution is 2.22. The summed E-state index contributed by atoms with van der Waals surface area (Å²) in [6.07, 6.45) is 1.63. The number of aryl methyl sites for hydroxylation is 1. The summed E-state index contributed by atoms with van der Waals surface area (Å²) < 4.78 is 1.46. The Labute approximate surface area is 165 Å². The minimum absolute atomic E-state index is 0.00302. The molecule has 6 heteroatoms. The molecule has 5 nitrogen and oxygen atoms in total. The minimum atomic E-state index is -0.103. The maximum Gasteiger partial charge on any atom is 0.255 e. The van der Waals surface area contributed by atoms with Gasteiger partial charge in [0.05, 0.1) is 5.56 Å². The van der Waals surface area contributed by atoms with Gasteiger partial charge in [0.25, 0.3) is 5.91 Å². The van der Waals surface area contributed by atoms with E-state index in [0.29, 0.717) is 18.2 Å². The average Bonchev–Trinajstić information content (AvgIpc) is 2.68. The van der Waals surface area contributed by atoms with Gasteiger partial charge < -0.3 is 9.47 Å². The third kappa shape index (κ3) is 4.62. The smallest absolute Gasteiger partial charge is 0.255 e. The van der Waals surface area contributed by atoms with Crippen LogP contribution in [0.4, 0.5) is 0 Å². The van der Waals surface area contributed by atoms with E-state index in [2.05, 4.69) is 43.0 Å². The summed E-state index contributed by atoms with van der Waals surface area (Å²) in [6.45, 7) is 6.90. The van der Waals surface area contributed by atoms with E-state index in [-0.39, 0.29) is 17.5 Å². The molecule has 3 rings (SSSR count). The second-order valence-electron chi connectivity index (χ2n) is 7.04. The molecule has 1 aliphatic rings. The quantitative estimate of drug-likeness (QED) is 0.743. The SMILES string of the molecule is C[C@@H]1[C@H](C)N(CCSc2ccccc2)CCN1C(=O)c1ccc(=O)n(C)c1. The number of amides is 1. The molecule has 144 valence electrons. The number of thioether (sulfide) groups is 1. The number of piperazine rings is 1. The molecule has 1 aromatic heterocycles. The first-order valence-electron chi connectivity index (χ1n) is 9.37. The largest absolute Gasteiger partial charge is 0.333 e. The van der Waals surface area contributed by atoms with Gasteiger partial charge in [-0.15, -0.1) is 11.8 Å². The number of aromatic nitrogens is 1. The Kier molecular flexibility index (Phi) is 6.39. The first-order valence-corrected chi connectivity index (χ1v) is 10.4. The van der Waals surface area contributed by atoms with Crippen molar-refractivity contribution in [1.29, 1.82) is 0 Å². The molecule has 2 aromatic rings. The molecule has 2 atom stereocenters. The van der Waals surface area contributed by atoms with Crippen molar-refractivity contribution in [2.75, 3.05) is 25.4 Å². The molecule has 1 fully saturated rings. The maximum atomic E-state index is 12.9. The zero-order chi connectivity index (χ0) is 19.4. The van der Waals surface area contributed by atoms with Crippen LogP contribution in [-0.4, -0.2) is 57.7 Å². The zero-order valence-corrected chi connectivity index (χ0v) is 17.0. The molecule has 27 heavy (non-hydrogen) atoms. The fourth-order valence-electron chi connectivity index (χ4n) is 3.49. The van der Waals surface area contributed by atoms with Gasteiger partial charge >= 0.3 is 0 Å². The Hall–Kier alpha value is -2.05. The lowest BCUT2D eigenvalue weighted by Crippen LogP contribution is -2.59. The number of hydrogen-bond acceptors (Lipinski definition) is 4. The van der Waals surface area contributed by atoms with Crippen molar-refractivity contribution in [2.45, 2.75) is 30.8 Å². The highest BCUT2D eigenvalue weighted by atomic mass is 32.2. The maximum absolute atomic E-state index is 12.9. The Morgan fingerprint density at radius 2 is 1.81 bits per heavy atom. The lowest BCUT2D eigenvalue weighted by molar-refractivity contribution is 0.0300. The van der Waals surface area contributed by atoms with E-state index in [4.69, 9.17) is 0 Å². The standard InChI is InChI=1S/C21H27N3O2S/c1-16-17(2)24(21(26)18-9-10-20(25)22(3)15-18)12-11-23(16)13-14-27-19-7-5-4-6-8-19/h4-10,15-17H,11-14H2,1-3H3/t16-,17+/m0/s1. The van der Waals surface area contributed by atoms with Crippen molar-refractivity contribution in [3.05, 3.63) is 64.6 Å². The normalized spacial score (nSPS) is 20.6. The van der Waals surface area contributed by atoms with Crippen molar-refractivity contribution in [1.82, 2.24) is 14.4 Å². The Morgan fingerprint density at radius 1 is 1.07 bits per heavy atom. The van der Waals surface area contributed by atoms with E-state index < -0.39 is 0 Å². The van der Waals surface area contributed by atoms with Gasteiger partial charge in [-0.05, 0) is 32.0 Å². The predicted octanol–water partition coefficient (Wildman–Crippen LogP) is 2.71. The van der Waals surface area contributed by atoms with Gasteiger partial charge in [-0.3, -0.25) is 14.5 Å². The van der Waals surface area contributed by atoms with Crippen LogP contribution in [0, 0.1) is 0 Å². The molecule has 0 bridgehead atoms. The summed E-state index contributed by atoms with van der Waals surface area (Å²) in [5, 5.41) is 0. The third-order valence-electron chi connectivity index (χ3n) is 5.38. The van der Waals surface area contributed by atoms with Crippen LogP contribution in [0.2, 0.25) is 0 Å². The highest BCUT2D eigenvalue weighted by Gasteiger charge is 2.33. The van der Waals surface area contributed by atoms with Crippen molar-refractivity contribution in [3.63, 3.8) is 0 Å². The summed E-state index contributed by atoms with van der Waals surface area (Å²) in [4.78, 5) is 30.2. The first-order chi connectivity index (χ1) is 13.0. The Bertz CT molecular complexity index is 837. The van der Waals surface area contributed by atoms with Crippen LogP contribution in [0.25, 0.3) is 0 Å². The van der Waals surface area contributed by atoms with Gasteiger partial charge in [0.2, 0.25) is 5.56 Å². The van der Waals surface area contributed by atoms with Crippen molar-refractivity contribution in [3.8, 4) is 0 Å². The van der Waals surface area contributed by atoms with Gasteiger partial charge in [0.15, 0.2) is 0 Å². The second kappa shape index (κ2) is 8.76. The Morgan fingerprint density at radius 3 is 2.52 bits per heavy atom. The van der Waals surface area contributed by atoms with E-state index in [1.165, 1.54) is 15.5 Å². The molecule has 0 aliphatic carbocycles. The fraction of sp³-hybridized carbons (Fsp3) is 0.429. The molecule has 0 spiro atoms. The van der Waals surface area contributed by atoms with E-state index >= 15 is 0 Å². The number of hydrogen-bond donors (Lipinski definition) is 0. The number of pyridine rings is 1. The van der Waals surface area contributed by atoms with E-state index in [0.717, 1.165) is 18.8 Å². The van der Waals surface area contributed by atoms with Gasteiger partial charge in [0.1, 0.15) is 0 Å². The van der Waals surface area contributed by atoms with Crippen molar-refractivity contribution < 1.29 is 4.79 Å².